The van der Waals surface area contributed by atoms with E-state index in [1.54, 1.807) is 24.3 Å². The predicted molar refractivity (Wildman–Crippen MR) is 59.5 cm³/mol. The van der Waals surface area contributed by atoms with Gasteiger partial charge in [0, 0.05) is 10.1 Å². The molecule has 74 valence electrons. The van der Waals surface area contributed by atoms with Crippen LogP contribution in [0.4, 0.5) is 0 Å². The first-order chi connectivity index (χ1) is 7.22. The Morgan fingerprint density at radius 3 is 2.60 bits per heavy atom. The summed E-state index contributed by atoms with van der Waals surface area (Å²) >= 11 is 3.30. The highest BCUT2D eigenvalue weighted by atomic mass is 79.9. The average Bonchev–Trinajstić information content (AvgIpc) is 2.42. The lowest BCUT2D eigenvalue weighted by Gasteiger charge is -2.05. The van der Waals surface area contributed by atoms with Crippen LogP contribution in [0.3, 0.4) is 0 Å². The Balaban J connectivity index is 3.36. The number of hydrogen-bond acceptors (Lipinski definition) is 3. The summed E-state index contributed by atoms with van der Waals surface area (Å²) in [4.78, 5) is 0. The van der Waals surface area contributed by atoms with Crippen molar-refractivity contribution in [2.24, 2.45) is 0 Å². The summed E-state index contributed by atoms with van der Waals surface area (Å²) in [5.74, 6) is 0.491. The van der Waals surface area contributed by atoms with Crippen molar-refractivity contribution in [3.63, 3.8) is 0 Å². The minimum Gasteiger partial charge on any atom is -0.496 e. The zero-order valence-electron chi connectivity index (χ0n) is 7.99. The molecule has 3 nitrogen and oxygen atoms in total. The van der Waals surface area contributed by atoms with Gasteiger partial charge in [0.2, 0.25) is 0 Å². The van der Waals surface area contributed by atoms with Crippen molar-refractivity contribution in [1.29, 1.82) is 10.5 Å². The van der Waals surface area contributed by atoms with Gasteiger partial charge >= 0.3 is 0 Å². The summed E-state index contributed by atoms with van der Waals surface area (Å²) in [7, 11) is 1.50. The molecule has 0 fully saturated rings. The molecule has 1 aliphatic carbocycles. The van der Waals surface area contributed by atoms with Gasteiger partial charge in [-0.3, -0.25) is 0 Å². The van der Waals surface area contributed by atoms with Gasteiger partial charge in [-0.1, -0.05) is 22.0 Å². The Bertz CT molecular complexity index is 454. The van der Waals surface area contributed by atoms with Crippen LogP contribution in [0.5, 0.6) is 0 Å². The molecule has 0 aromatic rings. The number of nitrogens with zero attached hydrogens (tertiary/aromatic N) is 2. The van der Waals surface area contributed by atoms with Crippen LogP contribution < -0.4 is 0 Å². The number of allylic oxidation sites excluding steroid dienone is 6. The molecule has 0 aliphatic heterocycles. The maximum absolute atomic E-state index is 8.77. The maximum atomic E-state index is 8.77. The fourth-order valence-corrected chi connectivity index (χ4v) is 1.45. The largest absolute Gasteiger partial charge is 0.496 e. The van der Waals surface area contributed by atoms with Crippen molar-refractivity contribution in [1.82, 2.24) is 0 Å². The molecule has 0 unspecified atom stereocenters. The van der Waals surface area contributed by atoms with Crippen LogP contribution in [0, 0.1) is 22.7 Å². The summed E-state index contributed by atoms with van der Waals surface area (Å²) in [5.41, 5.74) is 0.531. The molecule has 0 saturated carbocycles. The summed E-state index contributed by atoms with van der Waals surface area (Å²) in [5, 5.41) is 17.5. The van der Waals surface area contributed by atoms with E-state index in [-0.39, 0.29) is 5.57 Å². The van der Waals surface area contributed by atoms with Crippen molar-refractivity contribution in [3.05, 3.63) is 45.7 Å². The van der Waals surface area contributed by atoms with Crippen molar-refractivity contribution < 1.29 is 4.74 Å². The lowest BCUT2D eigenvalue weighted by Crippen LogP contribution is -1.93. The Labute approximate surface area is 96.4 Å². The first-order valence-electron chi connectivity index (χ1n) is 4.07. The third-order valence-corrected chi connectivity index (χ3v) is 2.26. The summed E-state index contributed by atoms with van der Waals surface area (Å²) in [6, 6.07) is 3.67. The molecular weight excluding hydrogens is 256 g/mol. The summed E-state index contributed by atoms with van der Waals surface area (Å²) in [6.07, 6.45) is 6.93. The molecular formula is C11H7BrN2O. The SMILES string of the molecule is COC1=CC(Br)=CC=CC1=C(C#N)C#N. The molecule has 0 aromatic heterocycles. The maximum Gasteiger partial charge on any atom is 0.140 e. The van der Waals surface area contributed by atoms with Gasteiger partial charge < -0.3 is 4.74 Å². The van der Waals surface area contributed by atoms with E-state index >= 15 is 0 Å². The van der Waals surface area contributed by atoms with E-state index in [0.717, 1.165) is 4.48 Å². The molecule has 0 atom stereocenters. The predicted octanol–water partition coefficient (Wildman–Crippen LogP) is 2.71. The fourth-order valence-electron chi connectivity index (χ4n) is 1.09. The van der Waals surface area contributed by atoms with Crippen LogP contribution >= 0.6 is 15.9 Å². The zero-order chi connectivity index (χ0) is 11.3. The van der Waals surface area contributed by atoms with Crippen molar-refractivity contribution in [3.8, 4) is 12.1 Å². The summed E-state index contributed by atoms with van der Waals surface area (Å²) < 4.78 is 5.94. The molecule has 15 heavy (non-hydrogen) atoms. The van der Waals surface area contributed by atoms with E-state index in [0.29, 0.717) is 11.3 Å². The smallest absolute Gasteiger partial charge is 0.140 e. The van der Waals surface area contributed by atoms with Crippen LogP contribution in [-0.2, 0) is 4.74 Å². The number of hydrogen-bond donors (Lipinski definition) is 0. The van der Waals surface area contributed by atoms with Crippen molar-refractivity contribution in [2.75, 3.05) is 7.11 Å². The Kier molecular flexibility index (Phi) is 3.91. The van der Waals surface area contributed by atoms with E-state index < -0.39 is 0 Å². The molecule has 1 rings (SSSR count). The van der Waals surface area contributed by atoms with Gasteiger partial charge in [0.15, 0.2) is 0 Å². The minimum atomic E-state index is 0.0370. The first-order valence-corrected chi connectivity index (χ1v) is 4.86. The number of methoxy groups -OCH3 is 1. The highest BCUT2D eigenvalue weighted by Crippen LogP contribution is 2.23. The molecule has 1 aliphatic rings. The lowest BCUT2D eigenvalue weighted by molar-refractivity contribution is 0.302. The van der Waals surface area contributed by atoms with Crippen LogP contribution in [0.15, 0.2) is 45.7 Å². The van der Waals surface area contributed by atoms with Gasteiger partial charge in [-0.2, -0.15) is 10.5 Å². The van der Waals surface area contributed by atoms with E-state index in [2.05, 4.69) is 15.9 Å². The van der Waals surface area contributed by atoms with Crippen LogP contribution in [0.25, 0.3) is 0 Å². The molecule has 0 amide bonds. The third kappa shape index (κ3) is 2.59. The number of ether oxygens (including phenoxy) is 1. The van der Waals surface area contributed by atoms with Crippen molar-refractivity contribution in [2.45, 2.75) is 0 Å². The van der Waals surface area contributed by atoms with Gasteiger partial charge in [0.05, 0.1) is 7.11 Å². The van der Waals surface area contributed by atoms with E-state index in [1.165, 1.54) is 7.11 Å². The molecule has 0 spiro atoms. The van der Waals surface area contributed by atoms with Crippen molar-refractivity contribution >= 4 is 15.9 Å². The van der Waals surface area contributed by atoms with Crippen LogP contribution in [0.2, 0.25) is 0 Å². The second-order valence-corrected chi connectivity index (χ2v) is 3.55. The molecule has 0 aromatic carbocycles. The normalized spacial score (nSPS) is 14.3. The van der Waals surface area contributed by atoms with E-state index in [9.17, 15) is 0 Å². The van der Waals surface area contributed by atoms with Gasteiger partial charge in [0.1, 0.15) is 23.5 Å². The van der Waals surface area contributed by atoms with Gasteiger partial charge in [-0.05, 0) is 18.2 Å². The number of halogens is 1. The van der Waals surface area contributed by atoms with Gasteiger partial charge in [-0.25, -0.2) is 0 Å². The molecule has 0 bridgehead atoms. The van der Waals surface area contributed by atoms with Crippen LogP contribution in [0.1, 0.15) is 0 Å². The molecule has 0 radical (unpaired) electrons. The lowest BCUT2D eigenvalue weighted by atomic mass is 10.1. The molecule has 4 heteroatoms. The second-order valence-electron chi connectivity index (χ2n) is 2.64. The monoisotopic (exact) mass is 262 g/mol. The Morgan fingerprint density at radius 1 is 1.40 bits per heavy atom. The molecule has 0 saturated heterocycles. The Hall–Kier alpha value is -1.78. The van der Waals surface area contributed by atoms with Crippen LogP contribution in [-0.4, -0.2) is 7.11 Å². The topological polar surface area (TPSA) is 56.8 Å². The zero-order valence-corrected chi connectivity index (χ0v) is 9.58. The molecule has 0 N–H and O–H groups in total. The first kappa shape index (κ1) is 11.3. The van der Waals surface area contributed by atoms with E-state index in [4.69, 9.17) is 15.3 Å². The third-order valence-electron chi connectivity index (χ3n) is 1.77. The average molecular weight is 263 g/mol. The highest BCUT2D eigenvalue weighted by molar-refractivity contribution is 9.11. The van der Waals surface area contributed by atoms with Gasteiger partial charge in [0.25, 0.3) is 0 Å². The minimum absolute atomic E-state index is 0.0370. The van der Waals surface area contributed by atoms with E-state index in [1.807, 2.05) is 12.1 Å². The summed E-state index contributed by atoms with van der Waals surface area (Å²) in [6.45, 7) is 0. The number of nitriles is 2. The standard InChI is InChI=1S/C11H7BrN2O/c1-15-11-5-9(12)3-2-4-10(11)8(6-13)7-14/h2-5H,1H3. The van der Waals surface area contributed by atoms with Gasteiger partial charge in [-0.15, -0.1) is 0 Å². The highest BCUT2D eigenvalue weighted by Gasteiger charge is 2.11. The quantitative estimate of drug-likeness (QED) is 0.683. The number of rotatable bonds is 1. The fraction of sp³-hybridized carbons (Fsp3) is 0.0909. The Morgan fingerprint density at radius 2 is 2.07 bits per heavy atom. The molecule has 0 heterocycles. The second kappa shape index (κ2) is 5.19.